The largest absolute Gasteiger partial charge is 0.394 e. The first-order chi connectivity index (χ1) is 19.5. The Labute approximate surface area is 236 Å². The number of nitrogens with zero attached hydrogens (tertiary/aromatic N) is 3. The minimum atomic E-state index is -1.41. The van der Waals surface area contributed by atoms with E-state index in [2.05, 4.69) is 27.2 Å². The number of rotatable bonds is 20. The molecule has 0 bridgehead atoms. The van der Waals surface area contributed by atoms with Gasteiger partial charge in [0.1, 0.15) is 23.8 Å². The quantitative estimate of drug-likeness (QED) is 0.151. The van der Waals surface area contributed by atoms with Crippen LogP contribution in [0.4, 0.5) is 5.95 Å². The molecule has 0 radical (unpaired) electrons. The third kappa shape index (κ3) is 9.36. The zero-order chi connectivity index (χ0) is 28.7. The van der Waals surface area contributed by atoms with Crippen LogP contribution in [0.5, 0.6) is 0 Å². The lowest BCUT2D eigenvalue weighted by molar-refractivity contribution is -0.0509. The van der Waals surface area contributed by atoms with Crippen LogP contribution in [0.25, 0.3) is 11.0 Å². The van der Waals surface area contributed by atoms with Crippen molar-refractivity contribution in [2.45, 2.75) is 134 Å². The van der Waals surface area contributed by atoms with Crippen LogP contribution >= 0.6 is 0 Å². The van der Waals surface area contributed by atoms with E-state index in [1.165, 1.54) is 94.4 Å². The van der Waals surface area contributed by atoms with Crippen molar-refractivity contribution in [3.05, 3.63) is 27.0 Å². The zero-order valence-electron chi connectivity index (χ0n) is 24.0. The van der Waals surface area contributed by atoms with Gasteiger partial charge in [0.25, 0.3) is 5.56 Å². The number of imidazole rings is 1. The van der Waals surface area contributed by atoms with Crippen molar-refractivity contribution in [2.24, 2.45) is 0 Å². The van der Waals surface area contributed by atoms with E-state index in [9.17, 15) is 24.9 Å². The van der Waals surface area contributed by atoms with Crippen LogP contribution in [-0.2, 0) is 4.74 Å². The van der Waals surface area contributed by atoms with Crippen molar-refractivity contribution < 1.29 is 20.1 Å². The molecule has 4 atom stereocenters. The fourth-order valence-corrected chi connectivity index (χ4v) is 5.36. The molecule has 2 aromatic heterocycles. The van der Waals surface area contributed by atoms with Gasteiger partial charge in [0.15, 0.2) is 11.7 Å². The molecular weight excluding hydrogens is 514 g/mol. The van der Waals surface area contributed by atoms with E-state index >= 15 is 0 Å². The number of aromatic amines is 1. The Kier molecular flexibility index (Phi) is 14.1. The van der Waals surface area contributed by atoms with E-state index in [0.29, 0.717) is 6.54 Å². The lowest BCUT2D eigenvalue weighted by Gasteiger charge is -2.16. The normalized spacial score (nSPS) is 20.9. The molecule has 226 valence electrons. The van der Waals surface area contributed by atoms with Gasteiger partial charge in [-0.2, -0.15) is 4.98 Å². The molecular formula is C29H49N5O6. The SMILES string of the molecule is CCCCCCCCCCCCCCCCCCNc1nc(=O)c2ncn([C@@H]3O[C@H](CO)[C@@H](O)[C@H]3O)c2c(=O)[nH]1. The first-order valence-electron chi connectivity index (χ1n) is 15.4. The average molecular weight is 564 g/mol. The Morgan fingerprint density at radius 2 is 1.43 bits per heavy atom. The van der Waals surface area contributed by atoms with Crippen LogP contribution in [0.1, 0.15) is 116 Å². The van der Waals surface area contributed by atoms with Gasteiger partial charge in [0.05, 0.1) is 12.9 Å². The fourth-order valence-electron chi connectivity index (χ4n) is 5.36. The predicted molar refractivity (Wildman–Crippen MR) is 155 cm³/mol. The molecule has 0 amide bonds. The Morgan fingerprint density at radius 1 is 0.875 bits per heavy atom. The highest BCUT2D eigenvalue weighted by Gasteiger charge is 2.44. The van der Waals surface area contributed by atoms with Crippen LogP contribution in [0.2, 0.25) is 0 Å². The molecule has 40 heavy (non-hydrogen) atoms. The van der Waals surface area contributed by atoms with Crippen LogP contribution in [0, 0.1) is 0 Å². The Hall–Kier alpha value is -2.34. The molecule has 2 aromatic rings. The molecule has 1 aliphatic heterocycles. The monoisotopic (exact) mass is 563 g/mol. The van der Waals surface area contributed by atoms with Crippen molar-refractivity contribution in [1.82, 2.24) is 19.5 Å². The third-order valence-corrected chi connectivity index (χ3v) is 7.77. The summed E-state index contributed by atoms with van der Waals surface area (Å²) in [6.45, 7) is 2.32. The van der Waals surface area contributed by atoms with Crippen molar-refractivity contribution in [2.75, 3.05) is 18.5 Å². The van der Waals surface area contributed by atoms with Crippen LogP contribution in [0.15, 0.2) is 15.9 Å². The number of H-pyrrole nitrogens is 1. The number of aliphatic hydroxyl groups is 3. The molecule has 11 heteroatoms. The molecule has 1 fully saturated rings. The summed E-state index contributed by atoms with van der Waals surface area (Å²) in [5, 5.41) is 32.7. The maximum atomic E-state index is 12.9. The summed E-state index contributed by atoms with van der Waals surface area (Å²) in [6, 6.07) is 0. The molecule has 11 nitrogen and oxygen atoms in total. The minimum absolute atomic E-state index is 0.0571. The predicted octanol–water partition coefficient (Wildman–Crippen LogP) is 3.76. The number of fused-ring (bicyclic) bond motifs is 1. The van der Waals surface area contributed by atoms with E-state index in [1.54, 1.807) is 0 Å². The smallest absolute Gasteiger partial charge is 0.301 e. The van der Waals surface area contributed by atoms with Gasteiger partial charge in [-0.25, -0.2) is 4.98 Å². The first kappa shape index (κ1) is 32.2. The number of ether oxygens (including phenoxy) is 1. The lowest BCUT2D eigenvalue weighted by atomic mass is 10.0. The molecule has 1 aliphatic rings. The van der Waals surface area contributed by atoms with E-state index in [0.717, 1.165) is 19.3 Å². The summed E-state index contributed by atoms with van der Waals surface area (Å²) in [6.07, 6.45) is 16.9. The summed E-state index contributed by atoms with van der Waals surface area (Å²) in [5.74, 6) is 0.0571. The second kappa shape index (κ2) is 17.5. The van der Waals surface area contributed by atoms with Crippen LogP contribution in [0.3, 0.4) is 0 Å². The lowest BCUT2D eigenvalue weighted by Crippen LogP contribution is -2.33. The molecule has 0 unspecified atom stereocenters. The minimum Gasteiger partial charge on any atom is -0.394 e. The highest BCUT2D eigenvalue weighted by molar-refractivity contribution is 5.73. The fraction of sp³-hybridized carbons (Fsp3) is 0.793. The molecule has 3 rings (SSSR count). The van der Waals surface area contributed by atoms with Gasteiger partial charge in [-0.1, -0.05) is 103 Å². The van der Waals surface area contributed by atoms with E-state index in [-0.39, 0.29) is 17.0 Å². The van der Waals surface area contributed by atoms with Crippen molar-refractivity contribution in [3.63, 3.8) is 0 Å². The summed E-state index contributed by atoms with van der Waals surface area (Å²) >= 11 is 0. The van der Waals surface area contributed by atoms with Gasteiger partial charge in [-0.15, -0.1) is 0 Å². The molecule has 0 aliphatic carbocycles. The number of aromatic nitrogens is 4. The molecule has 1 saturated heterocycles. The van der Waals surface area contributed by atoms with Gasteiger partial charge in [-0.05, 0) is 6.42 Å². The first-order valence-corrected chi connectivity index (χ1v) is 15.4. The van der Waals surface area contributed by atoms with Crippen molar-refractivity contribution in [1.29, 1.82) is 0 Å². The van der Waals surface area contributed by atoms with Crippen LogP contribution < -0.4 is 16.4 Å². The summed E-state index contributed by atoms with van der Waals surface area (Å²) in [4.78, 5) is 36.1. The van der Waals surface area contributed by atoms with Crippen molar-refractivity contribution in [3.8, 4) is 0 Å². The van der Waals surface area contributed by atoms with Gasteiger partial charge in [0, 0.05) is 6.54 Å². The average Bonchev–Trinajstić information content (AvgIpc) is 3.47. The third-order valence-electron chi connectivity index (χ3n) is 7.77. The number of unbranched alkanes of at least 4 members (excludes halogenated alkanes) is 15. The highest BCUT2D eigenvalue weighted by atomic mass is 16.6. The van der Waals surface area contributed by atoms with E-state index in [1.807, 2.05) is 0 Å². The highest BCUT2D eigenvalue weighted by Crippen LogP contribution is 2.30. The summed E-state index contributed by atoms with van der Waals surface area (Å²) in [5.41, 5.74) is -1.63. The second-order valence-electron chi connectivity index (χ2n) is 11.0. The van der Waals surface area contributed by atoms with Crippen LogP contribution in [-0.4, -0.2) is 66.3 Å². The van der Waals surface area contributed by atoms with Gasteiger partial charge in [0.2, 0.25) is 5.95 Å². The topological polar surface area (TPSA) is 163 Å². The number of anilines is 1. The zero-order valence-corrected chi connectivity index (χ0v) is 24.0. The maximum Gasteiger partial charge on any atom is 0.301 e. The molecule has 0 spiro atoms. The molecule has 3 heterocycles. The molecule has 5 N–H and O–H groups in total. The number of aliphatic hydroxyl groups excluding tert-OH is 3. The van der Waals surface area contributed by atoms with E-state index < -0.39 is 42.3 Å². The summed E-state index contributed by atoms with van der Waals surface area (Å²) < 4.78 is 6.69. The Bertz CT molecular complexity index is 1120. The number of nitrogens with one attached hydrogen (secondary N) is 2. The number of hydrogen-bond donors (Lipinski definition) is 5. The standard InChI is InChI=1S/C29H49N5O6/c1-2-3-4-5-6-7-8-9-10-11-12-13-14-15-16-17-18-30-29-32-26(38)22-23(27(39)33-29)34(20-31-22)28-25(37)24(36)21(19-35)40-28/h20-21,24-25,28,35-37H,2-19H2,1H3,(H2,30,32,33,38,39)/t21-,24-,25-,28-/m1/s1. The maximum absolute atomic E-state index is 12.9. The molecule has 0 aromatic carbocycles. The van der Waals surface area contributed by atoms with E-state index in [4.69, 9.17) is 4.74 Å². The second-order valence-corrected chi connectivity index (χ2v) is 11.0. The Balaban J connectivity index is 1.34. The number of hydrogen-bond acceptors (Lipinski definition) is 9. The van der Waals surface area contributed by atoms with Gasteiger partial charge < -0.3 is 25.4 Å². The van der Waals surface area contributed by atoms with Crippen molar-refractivity contribution >= 4 is 17.0 Å². The van der Waals surface area contributed by atoms with Gasteiger partial charge >= 0.3 is 5.56 Å². The Morgan fingerprint density at radius 3 is 1.95 bits per heavy atom. The summed E-state index contributed by atoms with van der Waals surface area (Å²) in [7, 11) is 0. The van der Waals surface area contributed by atoms with Gasteiger partial charge in [-0.3, -0.25) is 19.1 Å². The molecule has 0 saturated carbocycles.